The standard InChI is InChI=1S/C26H32N6O4/c1-16-13-28-32-15-21(29-26(25(16)32)36-17(2)20-12-24(34)27-14-20)19-5-6-22(23(11-19)35-4)31-9-7-30(8-10-31)18(3)33/h5-6,11,13,15,17,20H,7-10,12,14H2,1-4H3,(H,27,34)/t17?,20-/m1/s1. The molecule has 36 heavy (non-hydrogen) atoms. The van der Waals surface area contributed by atoms with Crippen molar-refractivity contribution in [3.05, 3.63) is 36.2 Å². The smallest absolute Gasteiger partial charge is 0.241 e. The summed E-state index contributed by atoms with van der Waals surface area (Å²) in [6, 6.07) is 6.03. The molecule has 0 bridgehead atoms. The van der Waals surface area contributed by atoms with E-state index >= 15 is 0 Å². The third kappa shape index (κ3) is 4.55. The molecule has 1 aromatic carbocycles. The molecule has 190 valence electrons. The van der Waals surface area contributed by atoms with Crippen LogP contribution in [0.1, 0.15) is 25.8 Å². The van der Waals surface area contributed by atoms with E-state index in [2.05, 4.69) is 15.3 Å². The van der Waals surface area contributed by atoms with E-state index in [9.17, 15) is 9.59 Å². The number of hydrogen-bond donors (Lipinski definition) is 1. The highest BCUT2D eigenvalue weighted by Crippen LogP contribution is 2.35. The number of rotatable bonds is 6. The molecule has 5 rings (SSSR count). The van der Waals surface area contributed by atoms with E-state index in [0.29, 0.717) is 37.6 Å². The molecule has 2 amide bonds. The van der Waals surface area contributed by atoms with Crippen molar-refractivity contribution in [1.82, 2.24) is 24.8 Å². The number of nitrogens with zero attached hydrogens (tertiary/aromatic N) is 5. The molecular formula is C26H32N6O4. The first-order valence-corrected chi connectivity index (χ1v) is 12.3. The van der Waals surface area contributed by atoms with Crippen LogP contribution in [0.15, 0.2) is 30.6 Å². The van der Waals surface area contributed by atoms with Gasteiger partial charge in [0.05, 0.1) is 30.9 Å². The Morgan fingerprint density at radius 3 is 2.67 bits per heavy atom. The molecule has 10 heteroatoms. The Bertz CT molecular complexity index is 1300. The zero-order chi connectivity index (χ0) is 25.4. The first-order chi connectivity index (χ1) is 17.3. The number of piperazine rings is 1. The molecule has 2 aliphatic rings. The van der Waals surface area contributed by atoms with E-state index < -0.39 is 0 Å². The number of carbonyl (C=O) groups is 2. The lowest BCUT2D eigenvalue weighted by molar-refractivity contribution is -0.129. The Hall–Kier alpha value is -3.82. The van der Waals surface area contributed by atoms with Crippen molar-refractivity contribution in [1.29, 1.82) is 0 Å². The first-order valence-electron chi connectivity index (χ1n) is 12.3. The van der Waals surface area contributed by atoms with Crippen LogP contribution in [-0.4, -0.2) is 77.2 Å². The van der Waals surface area contributed by atoms with Crippen molar-refractivity contribution in [2.24, 2.45) is 5.92 Å². The van der Waals surface area contributed by atoms with Crippen molar-refractivity contribution < 1.29 is 19.1 Å². The van der Waals surface area contributed by atoms with Gasteiger partial charge in [-0.05, 0) is 26.0 Å². The Morgan fingerprint density at radius 2 is 2.00 bits per heavy atom. The van der Waals surface area contributed by atoms with Crippen molar-refractivity contribution >= 4 is 23.0 Å². The van der Waals surface area contributed by atoms with Gasteiger partial charge in [0.2, 0.25) is 17.7 Å². The fraction of sp³-hybridized carbons (Fsp3) is 0.462. The Balaban J connectivity index is 1.45. The average Bonchev–Trinajstić information content (AvgIpc) is 3.49. The van der Waals surface area contributed by atoms with Gasteiger partial charge in [0.25, 0.3) is 0 Å². The van der Waals surface area contributed by atoms with Crippen LogP contribution in [0.5, 0.6) is 11.6 Å². The lowest BCUT2D eigenvalue weighted by Crippen LogP contribution is -2.48. The summed E-state index contributed by atoms with van der Waals surface area (Å²) in [6.07, 6.45) is 3.95. The fourth-order valence-electron chi connectivity index (χ4n) is 4.93. The number of amides is 2. The number of carbonyl (C=O) groups excluding carboxylic acids is 2. The van der Waals surface area contributed by atoms with Gasteiger partial charge in [-0.3, -0.25) is 9.59 Å². The van der Waals surface area contributed by atoms with E-state index in [4.69, 9.17) is 14.5 Å². The Labute approximate surface area is 210 Å². The zero-order valence-electron chi connectivity index (χ0n) is 21.2. The number of anilines is 1. The zero-order valence-corrected chi connectivity index (χ0v) is 21.2. The molecule has 0 aliphatic carbocycles. The van der Waals surface area contributed by atoms with Gasteiger partial charge in [0, 0.05) is 63.1 Å². The minimum atomic E-state index is -0.185. The van der Waals surface area contributed by atoms with E-state index in [1.165, 1.54) is 0 Å². The van der Waals surface area contributed by atoms with Gasteiger partial charge in [0.15, 0.2) is 0 Å². The van der Waals surface area contributed by atoms with E-state index in [1.807, 2.05) is 43.1 Å². The third-order valence-electron chi connectivity index (χ3n) is 7.16. The maximum atomic E-state index is 11.7. The molecule has 2 aromatic heterocycles. The van der Waals surface area contributed by atoms with Crippen LogP contribution < -0.4 is 19.7 Å². The first kappa shape index (κ1) is 23.9. The van der Waals surface area contributed by atoms with Crippen molar-refractivity contribution in [3.8, 4) is 22.9 Å². The van der Waals surface area contributed by atoms with Gasteiger partial charge < -0.3 is 24.6 Å². The van der Waals surface area contributed by atoms with E-state index in [-0.39, 0.29) is 23.8 Å². The highest BCUT2D eigenvalue weighted by atomic mass is 16.5. The number of fused-ring (bicyclic) bond motifs is 1. The maximum absolute atomic E-state index is 11.7. The van der Waals surface area contributed by atoms with Gasteiger partial charge in [0.1, 0.15) is 17.4 Å². The van der Waals surface area contributed by atoms with E-state index in [0.717, 1.165) is 41.2 Å². The summed E-state index contributed by atoms with van der Waals surface area (Å²) in [4.78, 5) is 32.4. The summed E-state index contributed by atoms with van der Waals surface area (Å²) >= 11 is 0. The number of nitrogens with one attached hydrogen (secondary N) is 1. The number of aryl methyl sites for hydroxylation is 1. The molecule has 3 aromatic rings. The van der Waals surface area contributed by atoms with Crippen LogP contribution >= 0.6 is 0 Å². The summed E-state index contributed by atoms with van der Waals surface area (Å²) in [5.41, 5.74) is 4.36. The largest absolute Gasteiger partial charge is 0.495 e. The molecular weight excluding hydrogens is 460 g/mol. The summed E-state index contributed by atoms with van der Waals surface area (Å²) < 4.78 is 13.9. The molecule has 2 saturated heterocycles. The van der Waals surface area contributed by atoms with Gasteiger partial charge in [-0.25, -0.2) is 9.50 Å². The number of aromatic nitrogens is 3. The van der Waals surface area contributed by atoms with Gasteiger partial charge in [-0.2, -0.15) is 5.10 Å². The summed E-state index contributed by atoms with van der Waals surface area (Å²) in [5, 5.41) is 7.37. The van der Waals surface area contributed by atoms with Crippen LogP contribution in [-0.2, 0) is 9.59 Å². The van der Waals surface area contributed by atoms with Crippen LogP contribution in [0, 0.1) is 12.8 Å². The summed E-state index contributed by atoms with van der Waals surface area (Å²) in [7, 11) is 1.66. The van der Waals surface area contributed by atoms with Gasteiger partial charge in [-0.1, -0.05) is 6.07 Å². The Kier molecular flexibility index (Phi) is 6.42. The van der Waals surface area contributed by atoms with Crippen LogP contribution in [0.4, 0.5) is 5.69 Å². The summed E-state index contributed by atoms with van der Waals surface area (Å²) in [5.74, 6) is 1.49. The van der Waals surface area contributed by atoms with Crippen molar-refractivity contribution in [2.75, 3.05) is 44.7 Å². The quantitative estimate of drug-likeness (QED) is 0.563. The molecule has 0 spiro atoms. The molecule has 2 aliphatic heterocycles. The average molecular weight is 493 g/mol. The van der Waals surface area contributed by atoms with E-state index in [1.54, 1.807) is 24.7 Å². The lowest BCUT2D eigenvalue weighted by Gasteiger charge is -2.36. The number of ether oxygens (including phenoxy) is 2. The van der Waals surface area contributed by atoms with Crippen molar-refractivity contribution in [3.63, 3.8) is 0 Å². The van der Waals surface area contributed by atoms with Crippen molar-refractivity contribution in [2.45, 2.75) is 33.3 Å². The molecule has 4 heterocycles. The predicted molar refractivity (Wildman–Crippen MR) is 135 cm³/mol. The minimum Gasteiger partial charge on any atom is -0.495 e. The molecule has 1 unspecified atom stereocenters. The van der Waals surface area contributed by atoms with Gasteiger partial charge >= 0.3 is 0 Å². The highest BCUT2D eigenvalue weighted by molar-refractivity contribution is 5.78. The molecule has 0 radical (unpaired) electrons. The second-order valence-corrected chi connectivity index (χ2v) is 9.52. The highest BCUT2D eigenvalue weighted by Gasteiger charge is 2.29. The molecule has 0 saturated carbocycles. The second kappa shape index (κ2) is 9.67. The maximum Gasteiger partial charge on any atom is 0.241 e. The van der Waals surface area contributed by atoms with Crippen LogP contribution in [0.3, 0.4) is 0 Å². The monoisotopic (exact) mass is 492 g/mol. The summed E-state index contributed by atoms with van der Waals surface area (Å²) in [6.45, 7) is 9.06. The third-order valence-corrected chi connectivity index (χ3v) is 7.16. The molecule has 2 fully saturated rings. The van der Waals surface area contributed by atoms with Gasteiger partial charge in [-0.15, -0.1) is 0 Å². The lowest BCUT2D eigenvalue weighted by atomic mass is 10.0. The SMILES string of the molecule is COc1cc(-c2cn3ncc(C)c3c(OC(C)[C@H]3CNC(=O)C3)n2)ccc1N1CCN(C(C)=O)CC1. The Morgan fingerprint density at radius 1 is 1.22 bits per heavy atom. The normalized spacial score (nSPS) is 18.9. The minimum absolute atomic E-state index is 0.0535. The number of methoxy groups -OCH3 is 1. The molecule has 1 N–H and O–H groups in total. The van der Waals surface area contributed by atoms with Crippen LogP contribution in [0.25, 0.3) is 16.8 Å². The number of benzene rings is 1. The molecule has 10 nitrogen and oxygen atoms in total. The fourth-order valence-corrected chi connectivity index (χ4v) is 4.93. The predicted octanol–water partition coefficient (Wildman–Crippen LogP) is 2.29. The van der Waals surface area contributed by atoms with Crippen LogP contribution in [0.2, 0.25) is 0 Å². The second-order valence-electron chi connectivity index (χ2n) is 9.52. The number of hydrogen-bond acceptors (Lipinski definition) is 7. The molecule has 2 atom stereocenters. The topological polar surface area (TPSA) is 101 Å².